The molecule has 1 aliphatic rings. The van der Waals surface area contributed by atoms with E-state index in [4.69, 9.17) is 0 Å². The van der Waals surface area contributed by atoms with Crippen LogP contribution in [-0.2, 0) is 11.2 Å². The number of aromatic nitrogens is 1. The van der Waals surface area contributed by atoms with E-state index in [1.165, 1.54) is 0 Å². The fraction of sp³-hybridized carbons (Fsp3) is 0.375. The summed E-state index contributed by atoms with van der Waals surface area (Å²) in [7, 11) is 0. The van der Waals surface area contributed by atoms with E-state index in [1.807, 2.05) is 29.2 Å². The molecular formula is C16H18N2O. The number of carbonyl (C=O) groups is 1. The van der Waals surface area contributed by atoms with Gasteiger partial charge in [-0.2, -0.15) is 0 Å². The Bertz CT molecular complexity index is 588. The molecular weight excluding hydrogens is 236 g/mol. The molecule has 98 valence electrons. The number of amides is 1. The molecule has 0 spiro atoms. The fourth-order valence-corrected chi connectivity index (χ4v) is 2.61. The number of likely N-dealkylation sites (tertiary alicyclic amines) is 1. The van der Waals surface area contributed by atoms with Gasteiger partial charge in [-0.1, -0.05) is 24.3 Å². The van der Waals surface area contributed by atoms with Gasteiger partial charge in [0.1, 0.15) is 0 Å². The van der Waals surface area contributed by atoms with E-state index < -0.39 is 0 Å². The molecule has 0 saturated carbocycles. The number of aryl methyl sites for hydroxylation is 1. The first kappa shape index (κ1) is 12.2. The third-order valence-electron chi connectivity index (χ3n) is 3.71. The van der Waals surface area contributed by atoms with Crippen LogP contribution in [0, 0.1) is 0 Å². The van der Waals surface area contributed by atoms with Crippen LogP contribution in [0.25, 0.3) is 10.9 Å². The zero-order valence-electron chi connectivity index (χ0n) is 11.0. The summed E-state index contributed by atoms with van der Waals surface area (Å²) in [6.45, 7) is 1.87. The molecule has 3 heteroatoms. The molecule has 1 aromatic heterocycles. The van der Waals surface area contributed by atoms with Crippen LogP contribution in [-0.4, -0.2) is 28.9 Å². The van der Waals surface area contributed by atoms with Crippen molar-refractivity contribution in [2.45, 2.75) is 25.7 Å². The highest BCUT2D eigenvalue weighted by molar-refractivity contribution is 5.79. The second-order valence-corrected chi connectivity index (χ2v) is 5.08. The Labute approximate surface area is 113 Å². The Morgan fingerprint density at radius 2 is 1.89 bits per heavy atom. The number of benzene rings is 1. The summed E-state index contributed by atoms with van der Waals surface area (Å²) in [4.78, 5) is 18.6. The maximum absolute atomic E-state index is 12.0. The minimum absolute atomic E-state index is 0.271. The molecule has 0 aliphatic carbocycles. The van der Waals surface area contributed by atoms with Gasteiger partial charge in [0.25, 0.3) is 0 Å². The molecule has 2 aromatic rings. The Hall–Kier alpha value is -1.90. The second kappa shape index (κ2) is 5.39. The summed E-state index contributed by atoms with van der Waals surface area (Å²) >= 11 is 0. The summed E-state index contributed by atoms with van der Waals surface area (Å²) in [6, 6.07) is 12.2. The average Bonchev–Trinajstić information content (AvgIpc) is 2.99. The number of rotatable bonds is 3. The van der Waals surface area contributed by atoms with Gasteiger partial charge in [-0.05, 0) is 31.4 Å². The van der Waals surface area contributed by atoms with Gasteiger partial charge >= 0.3 is 0 Å². The van der Waals surface area contributed by atoms with Gasteiger partial charge in [-0.3, -0.25) is 9.78 Å². The summed E-state index contributed by atoms with van der Waals surface area (Å²) in [5.41, 5.74) is 2.01. The van der Waals surface area contributed by atoms with Gasteiger partial charge in [0.15, 0.2) is 0 Å². The van der Waals surface area contributed by atoms with Crippen LogP contribution in [0.1, 0.15) is 25.0 Å². The fourth-order valence-electron chi connectivity index (χ4n) is 2.61. The molecule has 0 N–H and O–H groups in total. The van der Waals surface area contributed by atoms with Crippen molar-refractivity contribution in [3.8, 4) is 0 Å². The molecule has 1 fully saturated rings. The minimum atomic E-state index is 0.271. The molecule has 1 aliphatic heterocycles. The zero-order valence-corrected chi connectivity index (χ0v) is 11.0. The molecule has 1 amide bonds. The number of nitrogens with zero attached hydrogens (tertiary/aromatic N) is 2. The van der Waals surface area contributed by atoms with Crippen molar-refractivity contribution < 1.29 is 4.79 Å². The molecule has 0 radical (unpaired) electrons. The highest BCUT2D eigenvalue weighted by Gasteiger charge is 2.17. The molecule has 3 nitrogen and oxygen atoms in total. The molecule has 3 rings (SSSR count). The van der Waals surface area contributed by atoms with Gasteiger partial charge in [0, 0.05) is 30.6 Å². The van der Waals surface area contributed by atoms with Gasteiger partial charge in [0.2, 0.25) is 5.91 Å². The number of hydrogen-bond donors (Lipinski definition) is 0. The Morgan fingerprint density at radius 1 is 1.11 bits per heavy atom. The van der Waals surface area contributed by atoms with Crippen molar-refractivity contribution >= 4 is 16.8 Å². The maximum Gasteiger partial charge on any atom is 0.222 e. The minimum Gasteiger partial charge on any atom is -0.343 e. The van der Waals surface area contributed by atoms with Crippen LogP contribution in [0.3, 0.4) is 0 Å². The van der Waals surface area contributed by atoms with Crippen molar-refractivity contribution in [2.75, 3.05) is 13.1 Å². The first-order valence-corrected chi connectivity index (χ1v) is 6.95. The van der Waals surface area contributed by atoms with E-state index in [1.54, 1.807) is 0 Å². The molecule has 19 heavy (non-hydrogen) atoms. The average molecular weight is 254 g/mol. The number of pyridine rings is 1. The lowest BCUT2D eigenvalue weighted by Gasteiger charge is -2.14. The molecule has 1 aromatic carbocycles. The lowest BCUT2D eigenvalue weighted by Crippen LogP contribution is -2.27. The van der Waals surface area contributed by atoms with Crippen molar-refractivity contribution in [3.63, 3.8) is 0 Å². The van der Waals surface area contributed by atoms with E-state index in [2.05, 4.69) is 17.1 Å². The highest BCUT2D eigenvalue weighted by Crippen LogP contribution is 2.14. The van der Waals surface area contributed by atoms with E-state index >= 15 is 0 Å². The van der Waals surface area contributed by atoms with Gasteiger partial charge in [-0.15, -0.1) is 0 Å². The number of hydrogen-bond acceptors (Lipinski definition) is 2. The normalized spacial score (nSPS) is 15.1. The van der Waals surface area contributed by atoms with Gasteiger partial charge in [-0.25, -0.2) is 0 Å². The largest absolute Gasteiger partial charge is 0.343 e. The first-order chi connectivity index (χ1) is 9.33. The number of para-hydroxylation sites is 1. The molecule has 0 atom stereocenters. The predicted molar refractivity (Wildman–Crippen MR) is 75.9 cm³/mol. The maximum atomic E-state index is 12.0. The Balaban J connectivity index is 1.66. The summed E-state index contributed by atoms with van der Waals surface area (Å²) < 4.78 is 0. The zero-order chi connectivity index (χ0) is 13.1. The van der Waals surface area contributed by atoms with Gasteiger partial charge in [0.05, 0.1) is 5.52 Å². The van der Waals surface area contributed by atoms with Crippen LogP contribution < -0.4 is 0 Å². The quantitative estimate of drug-likeness (QED) is 0.844. The van der Waals surface area contributed by atoms with Crippen LogP contribution in [0.2, 0.25) is 0 Å². The molecule has 0 unspecified atom stereocenters. The van der Waals surface area contributed by atoms with E-state index in [0.29, 0.717) is 6.42 Å². The highest BCUT2D eigenvalue weighted by atomic mass is 16.2. The number of carbonyl (C=O) groups excluding carboxylic acids is 1. The third kappa shape index (κ3) is 2.75. The van der Waals surface area contributed by atoms with Crippen LogP contribution in [0.5, 0.6) is 0 Å². The second-order valence-electron chi connectivity index (χ2n) is 5.08. The summed E-state index contributed by atoms with van der Waals surface area (Å²) in [6.07, 6.45) is 3.62. The van der Waals surface area contributed by atoms with Crippen molar-refractivity contribution in [3.05, 3.63) is 42.1 Å². The topological polar surface area (TPSA) is 33.2 Å². The lowest BCUT2D eigenvalue weighted by atomic mass is 10.1. The van der Waals surface area contributed by atoms with Crippen LogP contribution in [0.15, 0.2) is 36.4 Å². The van der Waals surface area contributed by atoms with Crippen molar-refractivity contribution in [1.82, 2.24) is 9.88 Å². The molecule has 0 bridgehead atoms. The Kier molecular flexibility index (Phi) is 3.45. The summed E-state index contributed by atoms with van der Waals surface area (Å²) in [5, 5.41) is 1.15. The Morgan fingerprint density at radius 3 is 2.74 bits per heavy atom. The van der Waals surface area contributed by atoms with Crippen molar-refractivity contribution in [2.24, 2.45) is 0 Å². The lowest BCUT2D eigenvalue weighted by molar-refractivity contribution is -0.130. The van der Waals surface area contributed by atoms with Crippen molar-refractivity contribution in [1.29, 1.82) is 0 Å². The standard InChI is InChI=1S/C16H18N2O/c19-16(18-11-3-4-12-18)10-9-14-8-7-13-5-1-2-6-15(13)17-14/h1-2,5-8H,3-4,9-12H2. The molecule has 2 heterocycles. The smallest absolute Gasteiger partial charge is 0.222 e. The van der Waals surface area contributed by atoms with Crippen LogP contribution in [0.4, 0.5) is 0 Å². The van der Waals surface area contributed by atoms with E-state index in [9.17, 15) is 4.79 Å². The third-order valence-corrected chi connectivity index (χ3v) is 3.71. The van der Waals surface area contributed by atoms with Crippen LogP contribution >= 0.6 is 0 Å². The molecule has 1 saturated heterocycles. The summed E-state index contributed by atoms with van der Waals surface area (Å²) in [5.74, 6) is 0.271. The van der Waals surface area contributed by atoms with E-state index in [-0.39, 0.29) is 5.91 Å². The first-order valence-electron chi connectivity index (χ1n) is 6.95. The number of fused-ring (bicyclic) bond motifs is 1. The monoisotopic (exact) mass is 254 g/mol. The SMILES string of the molecule is O=C(CCc1ccc2ccccc2n1)N1CCCC1. The van der Waals surface area contributed by atoms with E-state index in [0.717, 1.165) is 48.9 Å². The predicted octanol–water partition coefficient (Wildman–Crippen LogP) is 2.79. The van der Waals surface area contributed by atoms with Gasteiger partial charge < -0.3 is 4.90 Å².